The Balaban J connectivity index is 2.23. The first-order valence-electron chi connectivity index (χ1n) is 5.23. The van der Waals surface area contributed by atoms with Gasteiger partial charge in [-0.05, 0) is 24.5 Å². The maximum absolute atomic E-state index is 14.1. The Morgan fingerprint density at radius 1 is 1.33 bits per heavy atom. The molecule has 0 unspecified atom stereocenters. The molecule has 1 aliphatic carbocycles. The summed E-state index contributed by atoms with van der Waals surface area (Å²) in [4.78, 5) is 2.94. The summed E-state index contributed by atoms with van der Waals surface area (Å²) in [5, 5.41) is 0.920. The van der Waals surface area contributed by atoms with Crippen molar-refractivity contribution in [2.45, 2.75) is 18.3 Å². The predicted molar refractivity (Wildman–Crippen MR) is 58.2 cm³/mol. The highest BCUT2D eigenvalue weighted by Crippen LogP contribution is 2.48. The molecule has 0 radical (unpaired) electrons. The standard InChI is InChI=1S/C12H13FN2/c13-10-9(12(7-14)4-5-12)2-1-8-3-6-15-11(8)10/h1-3,6,15H,4-5,7,14H2. The maximum atomic E-state index is 14.1. The molecule has 3 N–H and O–H groups in total. The van der Waals surface area contributed by atoms with Crippen LogP contribution in [0, 0.1) is 5.82 Å². The number of hydrogen-bond donors (Lipinski definition) is 2. The first-order valence-corrected chi connectivity index (χ1v) is 5.23. The van der Waals surface area contributed by atoms with Crippen LogP contribution in [0.3, 0.4) is 0 Å². The lowest BCUT2D eigenvalue weighted by molar-refractivity contribution is 0.581. The van der Waals surface area contributed by atoms with Gasteiger partial charge in [0.05, 0.1) is 5.52 Å². The number of hydrogen-bond acceptors (Lipinski definition) is 1. The highest BCUT2D eigenvalue weighted by Gasteiger charge is 2.44. The largest absolute Gasteiger partial charge is 0.359 e. The molecular formula is C12H13FN2. The summed E-state index contributed by atoms with van der Waals surface area (Å²) >= 11 is 0. The maximum Gasteiger partial charge on any atom is 0.151 e. The second-order valence-electron chi connectivity index (χ2n) is 4.35. The van der Waals surface area contributed by atoms with Gasteiger partial charge in [0.25, 0.3) is 0 Å². The molecule has 15 heavy (non-hydrogen) atoms. The quantitative estimate of drug-likeness (QED) is 0.774. The van der Waals surface area contributed by atoms with Crippen LogP contribution in [0.4, 0.5) is 4.39 Å². The smallest absolute Gasteiger partial charge is 0.151 e. The van der Waals surface area contributed by atoms with Gasteiger partial charge in [-0.25, -0.2) is 4.39 Å². The average molecular weight is 204 g/mol. The van der Waals surface area contributed by atoms with Crippen molar-refractivity contribution in [1.82, 2.24) is 4.98 Å². The van der Waals surface area contributed by atoms with Gasteiger partial charge in [-0.15, -0.1) is 0 Å². The fourth-order valence-corrected chi connectivity index (χ4v) is 2.24. The van der Waals surface area contributed by atoms with Crippen LogP contribution in [0.25, 0.3) is 10.9 Å². The molecule has 2 aromatic rings. The highest BCUT2D eigenvalue weighted by molar-refractivity contribution is 5.81. The topological polar surface area (TPSA) is 41.8 Å². The van der Waals surface area contributed by atoms with Gasteiger partial charge in [-0.3, -0.25) is 0 Å². The van der Waals surface area contributed by atoms with Crippen molar-refractivity contribution < 1.29 is 4.39 Å². The lowest BCUT2D eigenvalue weighted by Gasteiger charge is -2.14. The molecule has 1 fully saturated rings. The first kappa shape index (κ1) is 8.92. The molecule has 1 saturated carbocycles. The molecule has 78 valence electrons. The zero-order chi connectivity index (χ0) is 10.5. The molecule has 0 amide bonds. The van der Waals surface area contributed by atoms with Crippen molar-refractivity contribution in [3.63, 3.8) is 0 Å². The summed E-state index contributed by atoms with van der Waals surface area (Å²) in [6.07, 6.45) is 3.78. The minimum absolute atomic E-state index is 0.0800. The molecule has 0 aliphatic heterocycles. The van der Waals surface area contributed by atoms with Gasteiger partial charge in [-0.2, -0.15) is 0 Å². The lowest BCUT2D eigenvalue weighted by Crippen LogP contribution is -2.21. The second-order valence-corrected chi connectivity index (χ2v) is 4.35. The van der Waals surface area contributed by atoms with Gasteiger partial charge < -0.3 is 10.7 Å². The number of aromatic amines is 1. The van der Waals surface area contributed by atoms with E-state index in [1.165, 1.54) is 0 Å². The van der Waals surface area contributed by atoms with E-state index in [2.05, 4.69) is 4.98 Å². The number of nitrogens with one attached hydrogen (secondary N) is 1. The number of halogens is 1. The second kappa shape index (κ2) is 2.83. The van der Waals surface area contributed by atoms with Gasteiger partial charge in [0.15, 0.2) is 5.82 Å². The molecule has 1 aromatic heterocycles. The Morgan fingerprint density at radius 2 is 2.13 bits per heavy atom. The van der Waals surface area contributed by atoms with Crippen LogP contribution in [0.15, 0.2) is 24.4 Å². The third-order valence-corrected chi connectivity index (χ3v) is 3.48. The average Bonchev–Trinajstić information content (AvgIpc) is 2.89. The van der Waals surface area contributed by atoms with Gasteiger partial charge in [0.2, 0.25) is 0 Å². The summed E-state index contributed by atoms with van der Waals surface area (Å²) in [7, 11) is 0. The molecule has 1 heterocycles. The van der Waals surface area contributed by atoms with E-state index in [0.29, 0.717) is 12.1 Å². The normalized spacial score (nSPS) is 18.3. The number of fused-ring (bicyclic) bond motifs is 1. The molecule has 0 saturated heterocycles. The van der Waals surface area contributed by atoms with Crippen molar-refractivity contribution in [2.24, 2.45) is 5.73 Å². The molecule has 2 nitrogen and oxygen atoms in total. The van der Waals surface area contributed by atoms with Gasteiger partial charge in [-0.1, -0.05) is 12.1 Å². The molecule has 0 atom stereocenters. The Labute approximate surface area is 87.3 Å². The Bertz CT molecular complexity index is 511. The van der Waals surface area contributed by atoms with E-state index in [-0.39, 0.29) is 11.2 Å². The summed E-state index contributed by atoms with van der Waals surface area (Å²) in [5.74, 6) is -0.125. The van der Waals surface area contributed by atoms with E-state index in [1.54, 1.807) is 6.20 Å². The SMILES string of the molecule is NCC1(c2ccc3cc[nH]c3c2F)CC1. The summed E-state index contributed by atoms with van der Waals surface area (Å²) < 4.78 is 14.1. The third kappa shape index (κ3) is 1.13. The molecule has 1 aromatic carbocycles. The van der Waals surface area contributed by atoms with E-state index < -0.39 is 0 Å². The van der Waals surface area contributed by atoms with Crippen LogP contribution in [-0.2, 0) is 5.41 Å². The van der Waals surface area contributed by atoms with E-state index in [1.807, 2.05) is 18.2 Å². The summed E-state index contributed by atoms with van der Waals surface area (Å²) in [6, 6.07) is 5.72. The van der Waals surface area contributed by atoms with Crippen LogP contribution < -0.4 is 5.73 Å². The first-order chi connectivity index (χ1) is 7.27. The van der Waals surface area contributed by atoms with Crippen LogP contribution in [-0.4, -0.2) is 11.5 Å². The Kier molecular flexibility index (Phi) is 1.68. The number of H-pyrrole nitrogens is 1. The Morgan fingerprint density at radius 3 is 2.80 bits per heavy atom. The van der Waals surface area contributed by atoms with Crippen molar-refractivity contribution in [2.75, 3.05) is 6.54 Å². The minimum Gasteiger partial charge on any atom is -0.359 e. The van der Waals surface area contributed by atoms with Crippen LogP contribution in [0.2, 0.25) is 0 Å². The third-order valence-electron chi connectivity index (χ3n) is 3.48. The predicted octanol–water partition coefficient (Wildman–Crippen LogP) is 2.30. The summed E-state index contributed by atoms with van der Waals surface area (Å²) in [5.41, 5.74) is 7.01. The zero-order valence-electron chi connectivity index (χ0n) is 8.39. The molecule has 0 spiro atoms. The number of nitrogens with two attached hydrogens (primary N) is 1. The molecule has 3 heteroatoms. The Hall–Kier alpha value is -1.35. The molecular weight excluding hydrogens is 191 g/mol. The zero-order valence-corrected chi connectivity index (χ0v) is 8.39. The van der Waals surface area contributed by atoms with E-state index in [9.17, 15) is 4.39 Å². The minimum atomic E-state index is -0.125. The van der Waals surface area contributed by atoms with E-state index in [0.717, 1.165) is 23.8 Å². The number of benzene rings is 1. The number of rotatable bonds is 2. The van der Waals surface area contributed by atoms with Crippen LogP contribution in [0.5, 0.6) is 0 Å². The summed E-state index contributed by atoms with van der Waals surface area (Å²) in [6.45, 7) is 0.538. The fourth-order valence-electron chi connectivity index (χ4n) is 2.24. The van der Waals surface area contributed by atoms with Gasteiger partial charge in [0.1, 0.15) is 0 Å². The fraction of sp³-hybridized carbons (Fsp3) is 0.333. The van der Waals surface area contributed by atoms with E-state index in [4.69, 9.17) is 5.73 Å². The van der Waals surface area contributed by atoms with Gasteiger partial charge >= 0.3 is 0 Å². The molecule has 0 bridgehead atoms. The molecule has 3 rings (SSSR count). The van der Waals surface area contributed by atoms with Crippen LogP contribution >= 0.6 is 0 Å². The van der Waals surface area contributed by atoms with Gasteiger partial charge in [0, 0.05) is 23.5 Å². The highest BCUT2D eigenvalue weighted by atomic mass is 19.1. The molecule has 1 aliphatic rings. The van der Waals surface area contributed by atoms with E-state index >= 15 is 0 Å². The van der Waals surface area contributed by atoms with Crippen molar-refractivity contribution in [1.29, 1.82) is 0 Å². The van der Waals surface area contributed by atoms with Crippen molar-refractivity contribution >= 4 is 10.9 Å². The van der Waals surface area contributed by atoms with Crippen molar-refractivity contribution in [3.8, 4) is 0 Å². The van der Waals surface area contributed by atoms with Crippen LogP contribution in [0.1, 0.15) is 18.4 Å². The van der Waals surface area contributed by atoms with Crippen molar-refractivity contribution in [3.05, 3.63) is 35.8 Å². The monoisotopic (exact) mass is 204 g/mol. The number of aromatic nitrogens is 1. The lowest BCUT2D eigenvalue weighted by atomic mass is 9.94.